The third-order valence-corrected chi connectivity index (χ3v) is 2.62. The molecule has 100 valence electrons. The molecule has 0 saturated heterocycles. The molecule has 0 radical (unpaired) electrons. The zero-order chi connectivity index (χ0) is 13.5. The van der Waals surface area contributed by atoms with Gasteiger partial charge < -0.3 is 11.1 Å². The number of nitrogens with one attached hydrogen (secondary N) is 1. The normalized spacial score (nSPS) is 10.4. The first-order valence-corrected chi connectivity index (χ1v) is 6.09. The molecule has 0 aromatic heterocycles. The van der Waals surface area contributed by atoms with E-state index in [4.69, 9.17) is 5.73 Å². The van der Waals surface area contributed by atoms with Crippen LogP contribution in [0.5, 0.6) is 0 Å². The second-order valence-corrected chi connectivity index (χ2v) is 4.21. The SMILES string of the molecule is CCCCCCC(=O)Nc1cc(N)c(F)cc1F. The molecule has 3 nitrogen and oxygen atoms in total. The quantitative estimate of drug-likeness (QED) is 0.605. The number of carbonyl (C=O) groups excluding carboxylic acids is 1. The van der Waals surface area contributed by atoms with Gasteiger partial charge in [-0.15, -0.1) is 0 Å². The zero-order valence-electron chi connectivity index (χ0n) is 10.4. The van der Waals surface area contributed by atoms with E-state index in [9.17, 15) is 13.6 Å². The topological polar surface area (TPSA) is 55.1 Å². The molecule has 0 bridgehead atoms. The summed E-state index contributed by atoms with van der Waals surface area (Å²) in [6.07, 6.45) is 4.22. The van der Waals surface area contributed by atoms with Crippen LogP contribution in [0.3, 0.4) is 0 Å². The molecule has 1 amide bonds. The number of hydrogen-bond donors (Lipinski definition) is 2. The van der Waals surface area contributed by atoms with Crippen molar-refractivity contribution in [2.24, 2.45) is 0 Å². The van der Waals surface area contributed by atoms with E-state index in [2.05, 4.69) is 12.2 Å². The molecular weight excluding hydrogens is 238 g/mol. The van der Waals surface area contributed by atoms with Crippen LogP contribution in [0.25, 0.3) is 0 Å². The maximum absolute atomic E-state index is 13.3. The van der Waals surface area contributed by atoms with Gasteiger partial charge in [0, 0.05) is 12.5 Å². The molecule has 0 saturated carbocycles. The van der Waals surface area contributed by atoms with E-state index in [1.54, 1.807) is 0 Å². The lowest BCUT2D eigenvalue weighted by Crippen LogP contribution is -2.13. The third-order valence-electron chi connectivity index (χ3n) is 2.62. The van der Waals surface area contributed by atoms with Crippen molar-refractivity contribution < 1.29 is 13.6 Å². The van der Waals surface area contributed by atoms with Crippen LogP contribution in [0.4, 0.5) is 20.2 Å². The Labute approximate surface area is 105 Å². The van der Waals surface area contributed by atoms with Crippen molar-refractivity contribution >= 4 is 17.3 Å². The van der Waals surface area contributed by atoms with E-state index in [0.29, 0.717) is 12.5 Å². The summed E-state index contributed by atoms with van der Waals surface area (Å²) in [5.41, 5.74) is 5.05. The lowest BCUT2D eigenvalue weighted by Gasteiger charge is -2.07. The van der Waals surface area contributed by atoms with Gasteiger partial charge in [0.2, 0.25) is 5.91 Å². The fourth-order valence-electron chi connectivity index (χ4n) is 1.59. The molecule has 0 aliphatic rings. The minimum atomic E-state index is -0.826. The maximum Gasteiger partial charge on any atom is 0.224 e. The first kappa shape index (κ1) is 14.4. The van der Waals surface area contributed by atoms with Gasteiger partial charge in [0.05, 0.1) is 11.4 Å². The maximum atomic E-state index is 13.3. The number of rotatable bonds is 6. The second kappa shape index (κ2) is 6.93. The van der Waals surface area contributed by atoms with Crippen molar-refractivity contribution in [3.05, 3.63) is 23.8 Å². The van der Waals surface area contributed by atoms with Crippen molar-refractivity contribution in [2.45, 2.75) is 39.0 Å². The van der Waals surface area contributed by atoms with Crippen LogP contribution in [0.2, 0.25) is 0 Å². The Balaban J connectivity index is 2.51. The summed E-state index contributed by atoms with van der Waals surface area (Å²) in [5, 5.41) is 2.39. The monoisotopic (exact) mass is 256 g/mol. The Morgan fingerprint density at radius 1 is 1.22 bits per heavy atom. The van der Waals surface area contributed by atoms with Crippen LogP contribution < -0.4 is 11.1 Å². The number of unbranched alkanes of at least 4 members (excludes halogenated alkanes) is 3. The van der Waals surface area contributed by atoms with E-state index in [1.807, 2.05) is 0 Å². The van der Waals surface area contributed by atoms with Crippen LogP contribution in [0, 0.1) is 11.6 Å². The molecule has 0 heterocycles. The van der Waals surface area contributed by atoms with Crippen molar-refractivity contribution in [2.75, 3.05) is 11.1 Å². The van der Waals surface area contributed by atoms with Gasteiger partial charge in [-0.3, -0.25) is 4.79 Å². The van der Waals surface area contributed by atoms with Crippen molar-refractivity contribution in [3.8, 4) is 0 Å². The Hall–Kier alpha value is -1.65. The van der Waals surface area contributed by atoms with E-state index in [-0.39, 0.29) is 17.3 Å². The van der Waals surface area contributed by atoms with Crippen molar-refractivity contribution in [1.29, 1.82) is 0 Å². The summed E-state index contributed by atoms with van der Waals surface area (Å²) >= 11 is 0. The van der Waals surface area contributed by atoms with Gasteiger partial charge in [0.25, 0.3) is 0 Å². The predicted octanol–water partition coefficient (Wildman–Crippen LogP) is 3.46. The Morgan fingerprint density at radius 2 is 1.94 bits per heavy atom. The molecular formula is C13H18F2N2O. The van der Waals surface area contributed by atoms with Gasteiger partial charge in [-0.2, -0.15) is 0 Å². The largest absolute Gasteiger partial charge is 0.396 e. The summed E-state index contributed by atoms with van der Waals surface area (Å²) in [6.45, 7) is 2.08. The predicted molar refractivity (Wildman–Crippen MR) is 68.2 cm³/mol. The first-order chi connectivity index (χ1) is 8.54. The fourth-order valence-corrected chi connectivity index (χ4v) is 1.59. The van der Waals surface area contributed by atoms with Gasteiger partial charge in [-0.1, -0.05) is 26.2 Å². The summed E-state index contributed by atoms with van der Waals surface area (Å²) < 4.78 is 26.2. The number of amides is 1. The number of halogens is 2. The summed E-state index contributed by atoms with van der Waals surface area (Å²) in [4.78, 5) is 11.5. The second-order valence-electron chi connectivity index (χ2n) is 4.21. The molecule has 1 rings (SSSR count). The van der Waals surface area contributed by atoms with Crippen LogP contribution in [-0.4, -0.2) is 5.91 Å². The van der Waals surface area contributed by atoms with Gasteiger partial charge in [0.1, 0.15) is 11.6 Å². The highest BCUT2D eigenvalue weighted by Gasteiger charge is 2.10. The van der Waals surface area contributed by atoms with Gasteiger partial charge >= 0.3 is 0 Å². The van der Waals surface area contributed by atoms with Crippen LogP contribution in [-0.2, 0) is 4.79 Å². The third kappa shape index (κ3) is 4.31. The Kier molecular flexibility index (Phi) is 5.55. The molecule has 3 N–H and O–H groups in total. The standard InChI is InChI=1S/C13H18F2N2O/c1-2-3-4-5-6-13(18)17-12-8-11(16)9(14)7-10(12)15/h7-8H,2-6,16H2,1H3,(H,17,18). The average Bonchev–Trinajstić information content (AvgIpc) is 2.32. The number of hydrogen-bond acceptors (Lipinski definition) is 2. The first-order valence-electron chi connectivity index (χ1n) is 6.09. The van der Waals surface area contributed by atoms with E-state index < -0.39 is 11.6 Å². The number of anilines is 2. The minimum Gasteiger partial charge on any atom is -0.396 e. The lowest BCUT2D eigenvalue weighted by molar-refractivity contribution is -0.116. The van der Waals surface area contributed by atoms with E-state index in [0.717, 1.165) is 31.7 Å². The molecule has 1 aromatic rings. The lowest BCUT2D eigenvalue weighted by atomic mass is 10.1. The van der Waals surface area contributed by atoms with Gasteiger partial charge in [0.15, 0.2) is 0 Å². The fraction of sp³-hybridized carbons (Fsp3) is 0.462. The molecule has 0 fully saturated rings. The zero-order valence-corrected chi connectivity index (χ0v) is 10.4. The molecule has 0 aliphatic carbocycles. The van der Waals surface area contributed by atoms with E-state index >= 15 is 0 Å². The molecule has 1 aromatic carbocycles. The number of nitrogens with two attached hydrogens (primary N) is 1. The van der Waals surface area contributed by atoms with Crippen LogP contribution >= 0.6 is 0 Å². The number of benzene rings is 1. The van der Waals surface area contributed by atoms with E-state index in [1.165, 1.54) is 0 Å². The van der Waals surface area contributed by atoms with Crippen molar-refractivity contribution in [1.82, 2.24) is 0 Å². The molecule has 0 aliphatic heterocycles. The van der Waals surface area contributed by atoms with Crippen molar-refractivity contribution in [3.63, 3.8) is 0 Å². The minimum absolute atomic E-state index is 0.0746. The molecule has 18 heavy (non-hydrogen) atoms. The molecule has 0 spiro atoms. The summed E-state index contributed by atoms with van der Waals surface area (Å²) in [6, 6.07) is 1.76. The number of carbonyl (C=O) groups is 1. The highest BCUT2D eigenvalue weighted by Crippen LogP contribution is 2.21. The van der Waals surface area contributed by atoms with Crippen LogP contribution in [0.1, 0.15) is 39.0 Å². The highest BCUT2D eigenvalue weighted by molar-refractivity contribution is 5.91. The van der Waals surface area contributed by atoms with Crippen LogP contribution in [0.15, 0.2) is 12.1 Å². The summed E-state index contributed by atoms with van der Waals surface area (Å²) in [7, 11) is 0. The van der Waals surface area contributed by atoms with Gasteiger partial charge in [-0.05, 0) is 12.5 Å². The summed E-state index contributed by atoms with van der Waals surface area (Å²) in [5.74, 6) is -1.92. The Morgan fingerprint density at radius 3 is 2.61 bits per heavy atom. The number of nitrogen functional groups attached to an aromatic ring is 1. The molecule has 0 unspecified atom stereocenters. The van der Waals surface area contributed by atoms with Gasteiger partial charge in [-0.25, -0.2) is 8.78 Å². The average molecular weight is 256 g/mol. The molecule has 0 atom stereocenters. The highest BCUT2D eigenvalue weighted by atomic mass is 19.1. The molecule has 5 heteroatoms. The Bertz CT molecular complexity index is 422. The smallest absolute Gasteiger partial charge is 0.224 e.